The summed E-state index contributed by atoms with van der Waals surface area (Å²) in [5.74, 6) is 0. The van der Waals surface area contributed by atoms with E-state index in [9.17, 15) is 5.26 Å². The van der Waals surface area contributed by atoms with E-state index < -0.39 is 0 Å². The minimum atomic E-state index is -0.0942. The topological polar surface area (TPSA) is 36.7 Å². The van der Waals surface area contributed by atoms with E-state index >= 15 is 0 Å². The molecule has 15 heavy (non-hydrogen) atoms. The summed E-state index contributed by atoms with van der Waals surface area (Å²) in [4.78, 5) is 5.35. The van der Waals surface area contributed by atoms with Crippen molar-refractivity contribution in [3.05, 3.63) is 16.6 Å². The second kappa shape index (κ2) is 4.76. The molecule has 0 amide bonds. The monoisotopic (exact) mass is 220 g/mol. The zero-order chi connectivity index (χ0) is 10.6. The van der Waals surface area contributed by atoms with Crippen molar-refractivity contribution in [1.82, 2.24) is 4.98 Å². The Hall–Kier alpha value is -0.880. The minimum absolute atomic E-state index is 0.0942. The molecule has 1 fully saturated rings. The molecule has 0 aromatic carbocycles. The average Bonchev–Trinajstić information content (AvgIpc) is 2.64. The summed E-state index contributed by atoms with van der Waals surface area (Å²) in [6.07, 6.45) is 9.99. The van der Waals surface area contributed by atoms with Crippen LogP contribution in [0.3, 0.4) is 0 Å². The fourth-order valence-electron chi connectivity index (χ4n) is 2.40. The highest BCUT2D eigenvalue weighted by Crippen LogP contribution is 2.38. The lowest BCUT2D eigenvalue weighted by atomic mass is 9.78. The van der Waals surface area contributed by atoms with Crippen molar-refractivity contribution >= 4 is 11.3 Å². The van der Waals surface area contributed by atoms with Gasteiger partial charge in [0, 0.05) is 17.5 Å². The standard InChI is InChI=1S/C12H16N2S/c13-9-12(5-3-1-2-4-6-12)7-11-8-14-10-15-11/h8,10H,1-7H2. The second-order valence-corrected chi connectivity index (χ2v) is 5.42. The van der Waals surface area contributed by atoms with E-state index in [1.807, 2.05) is 11.7 Å². The molecule has 0 saturated heterocycles. The summed E-state index contributed by atoms with van der Waals surface area (Å²) >= 11 is 1.68. The first kappa shape index (κ1) is 10.6. The first-order valence-electron chi connectivity index (χ1n) is 5.63. The van der Waals surface area contributed by atoms with Crippen LogP contribution in [0.2, 0.25) is 0 Å². The Morgan fingerprint density at radius 2 is 2.07 bits per heavy atom. The lowest BCUT2D eigenvalue weighted by Gasteiger charge is -2.23. The van der Waals surface area contributed by atoms with Crippen molar-refractivity contribution in [2.45, 2.75) is 44.9 Å². The van der Waals surface area contributed by atoms with E-state index in [-0.39, 0.29) is 5.41 Å². The van der Waals surface area contributed by atoms with Gasteiger partial charge in [-0.25, -0.2) is 0 Å². The predicted molar refractivity (Wildman–Crippen MR) is 61.6 cm³/mol. The zero-order valence-corrected chi connectivity index (χ0v) is 9.72. The van der Waals surface area contributed by atoms with E-state index in [1.54, 1.807) is 11.3 Å². The maximum absolute atomic E-state index is 9.40. The fourth-order valence-corrected chi connectivity index (χ4v) is 3.13. The first-order chi connectivity index (χ1) is 7.35. The highest BCUT2D eigenvalue weighted by Gasteiger charge is 2.31. The van der Waals surface area contributed by atoms with Crippen molar-refractivity contribution < 1.29 is 0 Å². The Morgan fingerprint density at radius 3 is 2.60 bits per heavy atom. The molecule has 1 aromatic heterocycles. The van der Waals surface area contributed by atoms with Crippen LogP contribution in [-0.2, 0) is 6.42 Å². The molecule has 0 bridgehead atoms. The SMILES string of the molecule is N#CC1(Cc2cncs2)CCCCCC1. The van der Waals surface area contributed by atoms with Gasteiger partial charge in [-0.1, -0.05) is 25.7 Å². The smallest absolute Gasteiger partial charge is 0.0794 e. The molecule has 0 aliphatic heterocycles. The third-order valence-electron chi connectivity index (χ3n) is 3.29. The molecule has 1 saturated carbocycles. The van der Waals surface area contributed by atoms with Gasteiger partial charge in [-0.05, 0) is 12.8 Å². The van der Waals surface area contributed by atoms with Gasteiger partial charge >= 0.3 is 0 Å². The summed E-state index contributed by atoms with van der Waals surface area (Å²) in [5.41, 5.74) is 1.76. The van der Waals surface area contributed by atoms with Gasteiger partial charge in [-0.2, -0.15) is 5.26 Å². The van der Waals surface area contributed by atoms with Crippen LogP contribution >= 0.6 is 11.3 Å². The molecule has 0 N–H and O–H groups in total. The van der Waals surface area contributed by atoms with Crippen LogP contribution in [-0.4, -0.2) is 4.98 Å². The molecule has 80 valence electrons. The molecule has 0 radical (unpaired) electrons. The molecule has 1 aromatic rings. The normalized spacial score (nSPS) is 20.5. The molecule has 2 nitrogen and oxygen atoms in total. The summed E-state index contributed by atoms with van der Waals surface area (Å²) in [5, 5.41) is 9.40. The largest absolute Gasteiger partial charge is 0.253 e. The number of aromatic nitrogens is 1. The highest BCUT2D eigenvalue weighted by atomic mass is 32.1. The fraction of sp³-hybridized carbons (Fsp3) is 0.667. The first-order valence-corrected chi connectivity index (χ1v) is 6.51. The Morgan fingerprint density at radius 1 is 1.33 bits per heavy atom. The van der Waals surface area contributed by atoms with Crippen molar-refractivity contribution in [2.24, 2.45) is 5.41 Å². The summed E-state index contributed by atoms with van der Waals surface area (Å²) < 4.78 is 0. The Balaban J connectivity index is 2.10. The third-order valence-corrected chi connectivity index (χ3v) is 4.07. The number of rotatable bonds is 2. The zero-order valence-electron chi connectivity index (χ0n) is 8.91. The highest BCUT2D eigenvalue weighted by molar-refractivity contribution is 7.09. The van der Waals surface area contributed by atoms with Gasteiger partial charge in [-0.3, -0.25) is 4.98 Å². The van der Waals surface area contributed by atoms with Crippen LogP contribution in [0.25, 0.3) is 0 Å². The number of hydrogen-bond acceptors (Lipinski definition) is 3. The van der Waals surface area contributed by atoms with Crippen LogP contribution < -0.4 is 0 Å². The molecular formula is C12H16N2S. The van der Waals surface area contributed by atoms with Gasteiger partial charge < -0.3 is 0 Å². The van der Waals surface area contributed by atoms with Gasteiger partial charge in [0.05, 0.1) is 17.0 Å². The van der Waals surface area contributed by atoms with E-state index in [0.717, 1.165) is 19.3 Å². The van der Waals surface area contributed by atoms with Crippen molar-refractivity contribution in [3.8, 4) is 6.07 Å². The number of hydrogen-bond donors (Lipinski definition) is 0. The Bertz CT molecular complexity index is 329. The number of thiazole rings is 1. The maximum Gasteiger partial charge on any atom is 0.0794 e. The molecule has 0 spiro atoms. The maximum atomic E-state index is 9.40. The van der Waals surface area contributed by atoms with Gasteiger partial charge in [0.15, 0.2) is 0 Å². The van der Waals surface area contributed by atoms with Gasteiger partial charge in [-0.15, -0.1) is 11.3 Å². The second-order valence-electron chi connectivity index (χ2n) is 4.45. The lowest BCUT2D eigenvalue weighted by Crippen LogP contribution is -2.20. The van der Waals surface area contributed by atoms with E-state index in [4.69, 9.17) is 0 Å². The van der Waals surface area contributed by atoms with Crippen LogP contribution in [0.5, 0.6) is 0 Å². The predicted octanol–water partition coefficient (Wildman–Crippen LogP) is 3.55. The third kappa shape index (κ3) is 2.57. The molecule has 2 rings (SSSR count). The minimum Gasteiger partial charge on any atom is -0.253 e. The lowest BCUT2D eigenvalue weighted by molar-refractivity contribution is 0.341. The molecule has 1 aliphatic carbocycles. The van der Waals surface area contributed by atoms with E-state index in [1.165, 1.54) is 30.6 Å². The summed E-state index contributed by atoms with van der Waals surface area (Å²) in [6, 6.07) is 2.57. The number of nitriles is 1. The quantitative estimate of drug-likeness (QED) is 0.715. The van der Waals surface area contributed by atoms with E-state index in [2.05, 4.69) is 11.1 Å². The molecule has 0 unspecified atom stereocenters. The molecular weight excluding hydrogens is 204 g/mol. The molecule has 3 heteroatoms. The van der Waals surface area contributed by atoms with E-state index in [0.29, 0.717) is 0 Å². The average molecular weight is 220 g/mol. The molecule has 1 aliphatic rings. The van der Waals surface area contributed by atoms with Crippen LogP contribution in [0.4, 0.5) is 0 Å². The number of nitrogens with zero attached hydrogens (tertiary/aromatic N) is 2. The summed E-state index contributed by atoms with van der Waals surface area (Å²) in [7, 11) is 0. The van der Waals surface area contributed by atoms with Crippen molar-refractivity contribution in [2.75, 3.05) is 0 Å². The van der Waals surface area contributed by atoms with Gasteiger partial charge in [0.2, 0.25) is 0 Å². The van der Waals surface area contributed by atoms with Crippen LogP contribution in [0.15, 0.2) is 11.7 Å². The molecule has 0 atom stereocenters. The Kier molecular flexibility index (Phi) is 3.37. The van der Waals surface area contributed by atoms with Gasteiger partial charge in [0.25, 0.3) is 0 Å². The Labute approximate surface area is 95.0 Å². The van der Waals surface area contributed by atoms with Crippen molar-refractivity contribution in [3.63, 3.8) is 0 Å². The van der Waals surface area contributed by atoms with Crippen LogP contribution in [0, 0.1) is 16.7 Å². The van der Waals surface area contributed by atoms with Gasteiger partial charge in [0.1, 0.15) is 0 Å². The molecule has 1 heterocycles. The summed E-state index contributed by atoms with van der Waals surface area (Å²) in [6.45, 7) is 0. The van der Waals surface area contributed by atoms with Crippen LogP contribution in [0.1, 0.15) is 43.4 Å². The van der Waals surface area contributed by atoms with Crippen molar-refractivity contribution in [1.29, 1.82) is 5.26 Å².